The van der Waals surface area contributed by atoms with Gasteiger partial charge in [0, 0.05) is 29.9 Å². The molecule has 3 heterocycles. The molecule has 1 amide bonds. The van der Waals surface area contributed by atoms with Gasteiger partial charge in [-0.05, 0) is 39.7 Å². The summed E-state index contributed by atoms with van der Waals surface area (Å²) in [6, 6.07) is 0.533. The van der Waals surface area contributed by atoms with Crippen molar-refractivity contribution < 1.29 is 9.53 Å². The quantitative estimate of drug-likeness (QED) is 0.769. The van der Waals surface area contributed by atoms with E-state index in [1.807, 2.05) is 13.8 Å². The zero-order valence-corrected chi connectivity index (χ0v) is 16.3. The average molecular weight is 372 g/mol. The summed E-state index contributed by atoms with van der Waals surface area (Å²) in [6.45, 7) is 6.05. The van der Waals surface area contributed by atoms with Crippen molar-refractivity contribution in [1.82, 2.24) is 30.6 Å². The van der Waals surface area contributed by atoms with Gasteiger partial charge >= 0.3 is 0 Å². The maximum absolute atomic E-state index is 12.4. The number of rotatable bonds is 7. The summed E-state index contributed by atoms with van der Waals surface area (Å²) in [5.74, 6) is 0.550. The van der Waals surface area contributed by atoms with Crippen LogP contribution in [0.5, 0.6) is 5.75 Å². The topological polar surface area (TPSA) is 94.0 Å². The van der Waals surface area contributed by atoms with Crippen LogP contribution in [0.15, 0.2) is 12.4 Å². The van der Waals surface area contributed by atoms with Crippen molar-refractivity contribution in [1.29, 1.82) is 0 Å². The van der Waals surface area contributed by atoms with Crippen LogP contribution in [0.25, 0.3) is 0 Å². The van der Waals surface area contributed by atoms with Crippen molar-refractivity contribution >= 4 is 5.91 Å². The smallest absolute Gasteiger partial charge is 0.273 e. The van der Waals surface area contributed by atoms with E-state index in [9.17, 15) is 4.79 Å². The average Bonchev–Trinajstić information content (AvgIpc) is 3.16. The summed E-state index contributed by atoms with van der Waals surface area (Å²) in [6.07, 6.45) is 8.19. The monoisotopic (exact) mass is 372 g/mol. The lowest BCUT2D eigenvalue weighted by molar-refractivity contribution is 0.0945. The lowest BCUT2D eigenvalue weighted by Gasteiger charge is -2.23. The van der Waals surface area contributed by atoms with Gasteiger partial charge in [-0.15, -0.1) is 5.10 Å². The maximum Gasteiger partial charge on any atom is 0.273 e. The molecule has 0 saturated carbocycles. The summed E-state index contributed by atoms with van der Waals surface area (Å²) in [4.78, 5) is 16.8. The van der Waals surface area contributed by atoms with E-state index in [2.05, 4.69) is 25.9 Å². The van der Waals surface area contributed by atoms with Crippen molar-refractivity contribution in [2.24, 2.45) is 0 Å². The number of ether oxygens (including phenoxy) is 1. The Morgan fingerprint density at radius 3 is 3.00 bits per heavy atom. The molecule has 0 spiro atoms. The Kier molecular flexibility index (Phi) is 6.39. The third-order valence-corrected chi connectivity index (χ3v) is 5.06. The Morgan fingerprint density at radius 2 is 2.26 bits per heavy atom. The molecule has 8 nitrogen and oxygen atoms in total. The van der Waals surface area contributed by atoms with Gasteiger partial charge in [-0.1, -0.05) is 11.6 Å². The fourth-order valence-electron chi connectivity index (χ4n) is 3.47. The predicted molar refractivity (Wildman–Crippen MR) is 102 cm³/mol. The van der Waals surface area contributed by atoms with Crippen LogP contribution >= 0.6 is 0 Å². The second kappa shape index (κ2) is 8.94. The number of methoxy groups -OCH3 is 1. The van der Waals surface area contributed by atoms with Crippen LogP contribution in [0.4, 0.5) is 0 Å². The molecule has 1 unspecified atom stereocenters. The van der Waals surface area contributed by atoms with E-state index in [-0.39, 0.29) is 5.91 Å². The van der Waals surface area contributed by atoms with Gasteiger partial charge in [-0.25, -0.2) is 0 Å². The second-order valence-corrected chi connectivity index (χ2v) is 7.03. The van der Waals surface area contributed by atoms with Crippen LogP contribution in [-0.4, -0.2) is 45.6 Å². The Bertz CT molecular complexity index is 783. The fourth-order valence-corrected chi connectivity index (χ4v) is 3.47. The Balaban J connectivity index is 1.53. The summed E-state index contributed by atoms with van der Waals surface area (Å²) in [5.41, 5.74) is 3.01. The highest BCUT2D eigenvalue weighted by Gasteiger charge is 2.15. The number of pyridine rings is 1. The number of carbonyl (C=O) groups is 1. The molecule has 8 heteroatoms. The van der Waals surface area contributed by atoms with Crippen molar-refractivity contribution in [3.63, 3.8) is 0 Å². The molecule has 1 saturated heterocycles. The molecule has 1 atom stereocenters. The van der Waals surface area contributed by atoms with Crippen molar-refractivity contribution in [2.45, 2.75) is 58.7 Å². The molecule has 146 valence electrons. The third kappa shape index (κ3) is 4.82. The lowest BCUT2D eigenvalue weighted by atomic mass is 10.0. The van der Waals surface area contributed by atoms with Crippen molar-refractivity contribution in [2.75, 3.05) is 13.7 Å². The van der Waals surface area contributed by atoms with Gasteiger partial charge in [-0.3, -0.25) is 14.5 Å². The van der Waals surface area contributed by atoms with E-state index in [0.717, 1.165) is 42.1 Å². The fraction of sp³-hybridized carbons (Fsp3) is 0.579. The third-order valence-electron chi connectivity index (χ3n) is 5.06. The largest absolute Gasteiger partial charge is 0.496 e. The minimum atomic E-state index is -0.252. The molecule has 0 radical (unpaired) electrons. The van der Waals surface area contributed by atoms with Crippen LogP contribution in [0.3, 0.4) is 0 Å². The van der Waals surface area contributed by atoms with Crippen LogP contribution in [0.2, 0.25) is 0 Å². The first-order chi connectivity index (χ1) is 13.1. The van der Waals surface area contributed by atoms with Gasteiger partial charge in [0.2, 0.25) is 0 Å². The van der Waals surface area contributed by atoms with E-state index in [4.69, 9.17) is 4.74 Å². The molecule has 1 aliphatic rings. The number of aromatic nitrogens is 4. The Hall–Kier alpha value is -2.48. The summed E-state index contributed by atoms with van der Waals surface area (Å²) < 4.78 is 7.14. The number of carbonyl (C=O) groups excluding carboxylic acids is 1. The molecular formula is C19H28N6O2. The number of aryl methyl sites for hydroxylation is 2. The van der Waals surface area contributed by atoms with E-state index in [1.54, 1.807) is 24.2 Å². The normalized spacial score (nSPS) is 16.9. The summed E-state index contributed by atoms with van der Waals surface area (Å²) >= 11 is 0. The number of hydrogen-bond donors (Lipinski definition) is 2. The molecule has 2 aromatic heterocycles. The number of nitrogens with one attached hydrogen (secondary N) is 2. The number of hydrogen-bond acceptors (Lipinski definition) is 6. The molecule has 1 aliphatic heterocycles. The highest BCUT2D eigenvalue weighted by Crippen LogP contribution is 2.23. The van der Waals surface area contributed by atoms with E-state index in [1.165, 1.54) is 19.3 Å². The van der Waals surface area contributed by atoms with Gasteiger partial charge in [0.25, 0.3) is 5.91 Å². The van der Waals surface area contributed by atoms with Gasteiger partial charge in [0.05, 0.1) is 25.5 Å². The minimum absolute atomic E-state index is 0.252. The first kappa shape index (κ1) is 19.3. The van der Waals surface area contributed by atoms with E-state index >= 15 is 0 Å². The molecule has 2 aromatic rings. The van der Waals surface area contributed by atoms with Gasteiger partial charge < -0.3 is 15.4 Å². The van der Waals surface area contributed by atoms with Crippen LogP contribution < -0.4 is 15.4 Å². The number of piperidine rings is 1. The molecule has 0 aliphatic carbocycles. The van der Waals surface area contributed by atoms with Crippen LogP contribution in [0, 0.1) is 13.8 Å². The highest BCUT2D eigenvalue weighted by atomic mass is 16.5. The van der Waals surface area contributed by atoms with Crippen LogP contribution in [-0.2, 0) is 13.1 Å². The highest BCUT2D eigenvalue weighted by molar-refractivity contribution is 5.91. The van der Waals surface area contributed by atoms with Crippen molar-refractivity contribution in [3.05, 3.63) is 34.9 Å². The summed E-state index contributed by atoms with van der Waals surface area (Å²) in [5, 5.41) is 14.5. The van der Waals surface area contributed by atoms with Gasteiger partial charge in [0.1, 0.15) is 5.75 Å². The molecule has 3 rings (SSSR count). The molecule has 0 aromatic carbocycles. The molecule has 27 heavy (non-hydrogen) atoms. The lowest BCUT2D eigenvalue weighted by Crippen LogP contribution is -2.34. The van der Waals surface area contributed by atoms with Crippen molar-refractivity contribution in [3.8, 4) is 5.75 Å². The SMILES string of the molecule is COc1c(C)cnc(CNC(=O)c2cn(CCC3CCCCN3)nn2)c1C. The number of amides is 1. The summed E-state index contributed by atoms with van der Waals surface area (Å²) in [7, 11) is 1.64. The zero-order chi connectivity index (χ0) is 19.2. The minimum Gasteiger partial charge on any atom is -0.496 e. The second-order valence-electron chi connectivity index (χ2n) is 7.03. The molecule has 2 N–H and O–H groups in total. The Morgan fingerprint density at radius 1 is 1.41 bits per heavy atom. The zero-order valence-electron chi connectivity index (χ0n) is 16.3. The standard InChI is InChI=1S/C19H28N6O2/c1-13-10-21-16(14(2)18(13)27-3)11-22-19(26)17-12-25(24-23-17)9-7-15-6-4-5-8-20-15/h10,12,15,20H,4-9,11H2,1-3H3,(H,22,26). The maximum atomic E-state index is 12.4. The number of nitrogens with zero attached hydrogens (tertiary/aromatic N) is 4. The molecule has 0 bridgehead atoms. The molecule has 1 fully saturated rings. The Labute approximate surface area is 159 Å². The van der Waals surface area contributed by atoms with E-state index in [0.29, 0.717) is 18.3 Å². The van der Waals surface area contributed by atoms with Gasteiger partial charge in [0.15, 0.2) is 5.69 Å². The van der Waals surface area contributed by atoms with Crippen LogP contribution in [0.1, 0.15) is 53.0 Å². The molecular weight excluding hydrogens is 344 g/mol. The predicted octanol–water partition coefficient (Wildman–Crippen LogP) is 1.76. The first-order valence-electron chi connectivity index (χ1n) is 9.49. The van der Waals surface area contributed by atoms with Gasteiger partial charge in [-0.2, -0.15) is 0 Å². The van der Waals surface area contributed by atoms with E-state index < -0.39 is 0 Å². The first-order valence-corrected chi connectivity index (χ1v) is 9.49.